The van der Waals surface area contributed by atoms with Crippen LogP contribution >= 0.6 is 11.8 Å². The maximum atomic E-state index is 13.2. The number of rotatable bonds is 2. The van der Waals surface area contributed by atoms with Gasteiger partial charge in [0.15, 0.2) is 5.17 Å². The number of methoxy groups -OCH3 is 1. The van der Waals surface area contributed by atoms with E-state index in [2.05, 4.69) is 10.4 Å². The molecule has 2 aliphatic rings. The number of carbonyl (C=O) groups is 3. The molecule has 1 aromatic rings. The van der Waals surface area contributed by atoms with Gasteiger partial charge in [-0.15, -0.1) is 5.10 Å². The number of amides is 3. The summed E-state index contributed by atoms with van der Waals surface area (Å²) < 4.78 is 5.28. The highest BCUT2D eigenvalue weighted by atomic mass is 32.2. The van der Waals surface area contributed by atoms with Crippen LogP contribution < -0.4 is 15.0 Å². The van der Waals surface area contributed by atoms with Crippen LogP contribution in [0.4, 0.5) is 5.69 Å². The predicted molar refractivity (Wildman–Crippen MR) is 94.1 cm³/mol. The maximum Gasteiger partial charge on any atom is 0.270 e. The Morgan fingerprint density at radius 2 is 2.08 bits per heavy atom. The maximum absolute atomic E-state index is 13.2. The summed E-state index contributed by atoms with van der Waals surface area (Å²) in [5, 5.41) is 8.10. The van der Waals surface area contributed by atoms with Gasteiger partial charge in [-0.3, -0.25) is 14.4 Å². The number of hydrazone groups is 1. The van der Waals surface area contributed by atoms with Gasteiger partial charge in [-0.2, -0.15) is 5.01 Å². The molecule has 0 fully saturated rings. The number of nitrogens with zero attached hydrogens (tertiary/aromatic N) is 3. The van der Waals surface area contributed by atoms with Gasteiger partial charge in [0.2, 0.25) is 16.7 Å². The number of nitrogens with one attached hydrogen (secondary N) is 1. The van der Waals surface area contributed by atoms with Crippen molar-refractivity contribution < 1.29 is 19.1 Å². The van der Waals surface area contributed by atoms with Gasteiger partial charge in [-0.25, -0.2) is 0 Å². The van der Waals surface area contributed by atoms with E-state index in [9.17, 15) is 14.4 Å². The van der Waals surface area contributed by atoms with Crippen molar-refractivity contribution in [2.45, 2.75) is 25.6 Å². The second-order valence-corrected chi connectivity index (χ2v) is 6.78. The fourth-order valence-corrected chi connectivity index (χ4v) is 4.36. The van der Waals surface area contributed by atoms with Crippen molar-refractivity contribution >= 4 is 40.3 Å². The molecule has 2 heterocycles. The van der Waals surface area contributed by atoms with Gasteiger partial charge in [0.25, 0.3) is 5.91 Å². The number of hydrogen-bond donors (Lipinski definition) is 1. The zero-order chi connectivity index (χ0) is 18.4. The highest BCUT2D eigenvalue weighted by Crippen LogP contribution is 2.55. The van der Waals surface area contributed by atoms with Crippen molar-refractivity contribution in [2.24, 2.45) is 5.10 Å². The Labute approximate surface area is 149 Å². The van der Waals surface area contributed by atoms with Gasteiger partial charge < -0.3 is 15.0 Å². The van der Waals surface area contributed by atoms with Crippen molar-refractivity contribution in [3.05, 3.63) is 23.8 Å². The minimum absolute atomic E-state index is 0.211. The molecule has 9 heteroatoms. The number of anilines is 1. The van der Waals surface area contributed by atoms with Crippen LogP contribution in [0.5, 0.6) is 5.75 Å². The number of hydrogen-bond acceptors (Lipinski definition) is 6. The lowest BCUT2D eigenvalue weighted by molar-refractivity contribution is -0.139. The van der Waals surface area contributed by atoms with Gasteiger partial charge >= 0.3 is 0 Å². The summed E-state index contributed by atoms with van der Waals surface area (Å²) in [5.74, 6) is -0.424. The third-order valence-electron chi connectivity index (χ3n) is 4.03. The van der Waals surface area contributed by atoms with E-state index >= 15 is 0 Å². The summed E-state index contributed by atoms with van der Waals surface area (Å²) in [7, 11) is 1.53. The van der Waals surface area contributed by atoms with E-state index in [0.29, 0.717) is 23.5 Å². The Bertz CT molecular complexity index is 809. The summed E-state index contributed by atoms with van der Waals surface area (Å²) >= 11 is 1.05. The molecule has 8 nitrogen and oxygen atoms in total. The lowest BCUT2D eigenvalue weighted by Gasteiger charge is -2.29. The molecule has 0 saturated carbocycles. The molecule has 2 aliphatic heterocycles. The van der Waals surface area contributed by atoms with Crippen molar-refractivity contribution in [3.8, 4) is 5.75 Å². The SMILES string of the molecule is CCN1C(=O)[C@@]2(SC(NC(C)=O)=NN2C(C)=O)c2cc(OC)ccc21. The van der Waals surface area contributed by atoms with Crippen LogP contribution in [0, 0.1) is 0 Å². The van der Waals surface area contributed by atoms with Crippen molar-refractivity contribution in [1.82, 2.24) is 10.3 Å². The Morgan fingerprint density at radius 1 is 1.36 bits per heavy atom. The number of likely N-dealkylation sites (N-methyl/N-ethyl adjacent to an activating group) is 1. The molecule has 0 aliphatic carbocycles. The molecule has 3 rings (SSSR count). The number of fused-ring (bicyclic) bond motifs is 2. The molecule has 0 bridgehead atoms. The number of amidine groups is 1. The molecule has 1 N–H and O–H groups in total. The Kier molecular flexibility index (Phi) is 4.19. The van der Waals surface area contributed by atoms with Gasteiger partial charge in [-0.1, -0.05) is 0 Å². The predicted octanol–water partition coefficient (Wildman–Crippen LogP) is 1.22. The fourth-order valence-electron chi connectivity index (χ4n) is 3.03. The van der Waals surface area contributed by atoms with Crippen LogP contribution in [0.1, 0.15) is 26.3 Å². The molecule has 1 spiro atoms. The number of thioether (sulfide) groups is 1. The minimum Gasteiger partial charge on any atom is -0.497 e. The van der Waals surface area contributed by atoms with Crippen LogP contribution in [0.15, 0.2) is 23.3 Å². The average molecular weight is 362 g/mol. The number of carbonyl (C=O) groups excluding carboxylic acids is 3. The van der Waals surface area contributed by atoms with Gasteiger partial charge in [0, 0.05) is 26.0 Å². The van der Waals surface area contributed by atoms with Crippen LogP contribution in [0.25, 0.3) is 0 Å². The first-order valence-corrected chi connectivity index (χ1v) is 8.53. The zero-order valence-corrected chi connectivity index (χ0v) is 15.1. The second-order valence-electron chi connectivity index (χ2n) is 5.60. The van der Waals surface area contributed by atoms with E-state index in [4.69, 9.17) is 4.74 Å². The molecule has 1 aromatic carbocycles. The lowest BCUT2D eigenvalue weighted by atomic mass is 10.1. The third-order valence-corrected chi connectivity index (χ3v) is 5.27. The van der Waals surface area contributed by atoms with Crippen molar-refractivity contribution in [3.63, 3.8) is 0 Å². The van der Waals surface area contributed by atoms with Crippen LogP contribution in [0.2, 0.25) is 0 Å². The van der Waals surface area contributed by atoms with Crippen LogP contribution in [-0.4, -0.2) is 41.6 Å². The second kappa shape index (κ2) is 6.07. The number of benzene rings is 1. The average Bonchev–Trinajstić information content (AvgIpc) is 3.05. The molecular weight excluding hydrogens is 344 g/mol. The number of ether oxygens (including phenoxy) is 1. The Balaban J connectivity index is 2.19. The molecule has 132 valence electrons. The molecule has 0 radical (unpaired) electrons. The minimum atomic E-state index is -1.37. The first kappa shape index (κ1) is 17.3. The summed E-state index contributed by atoms with van der Waals surface area (Å²) in [6.45, 7) is 4.99. The molecular formula is C16H18N4O4S. The fraction of sp³-hybridized carbons (Fsp3) is 0.375. The molecule has 1 atom stereocenters. The highest BCUT2D eigenvalue weighted by Gasteiger charge is 2.61. The monoisotopic (exact) mass is 362 g/mol. The first-order valence-electron chi connectivity index (χ1n) is 7.71. The zero-order valence-electron chi connectivity index (χ0n) is 14.3. The molecule has 3 amide bonds. The smallest absolute Gasteiger partial charge is 0.270 e. The van der Waals surface area contributed by atoms with E-state index < -0.39 is 10.8 Å². The van der Waals surface area contributed by atoms with E-state index in [1.807, 2.05) is 6.92 Å². The largest absolute Gasteiger partial charge is 0.497 e. The molecule has 0 saturated heterocycles. The summed E-state index contributed by atoms with van der Waals surface area (Å²) in [4.78, 5) is 37.1. The van der Waals surface area contributed by atoms with Crippen molar-refractivity contribution in [1.29, 1.82) is 0 Å². The molecule has 25 heavy (non-hydrogen) atoms. The standard InChI is InChI=1S/C16H18N4O4S/c1-5-19-13-7-6-11(24-4)8-12(13)16(14(19)23)20(10(3)22)18-15(25-16)17-9(2)21/h6-8H,5H2,1-4H3,(H,17,18,21)/t16-/m0/s1. The molecule has 0 unspecified atom stereocenters. The topological polar surface area (TPSA) is 91.3 Å². The normalized spacial score (nSPS) is 21.4. The summed E-state index contributed by atoms with van der Waals surface area (Å²) in [6.07, 6.45) is 0. The summed E-state index contributed by atoms with van der Waals surface area (Å²) in [6, 6.07) is 5.29. The van der Waals surface area contributed by atoms with Crippen LogP contribution in [-0.2, 0) is 19.3 Å². The summed E-state index contributed by atoms with van der Waals surface area (Å²) in [5.41, 5.74) is 1.31. The first-order chi connectivity index (χ1) is 11.8. The van der Waals surface area contributed by atoms with Gasteiger partial charge in [-0.05, 0) is 36.9 Å². The van der Waals surface area contributed by atoms with E-state index in [-0.39, 0.29) is 17.0 Å². The van der Waals surface area contributed by atoms with E-state index in [1.54, 1.807) is 23.1 Å². The van der Waals surface area contributed by atoms with Gasteiger partial charge in [0.1, 0.15) is 5.75 Å². The lowest BCUT2D eigenvalue weighted by Crippen LogP contribution is -2.48. The van der Waals surface area contributed by atoms with E-state index in [0.717, 1.165) is 16.8 Å². The molecule has 0 aromatic heterocycles. The van der Waals surface area contributed by atoms with Gasteiger partial charge in [0.05, 0.1) is 12.8 Å². The van der Waals surface area contributed by atoms with Crippen molar-refractivity contribution in [2.75, 3.05) is 18.6 Å². The quantitative estimate of drug-likeness (QED) is 0.854. The third kappa shape index (κ3) is 2.46. The van der Waals surface area contributed by atoms with Crippen LogP contribution in [0.3, 0.4) is 0 Å². The Hall–Kier alpha value is -2.55. The highest BCUT2D eigenvalue weighted by molar-refractivity contribution is 8.15. The van der Waals surface area contributed by atoms with E-state index in [1.165, 1.54) is 21.0 Å². The Morgan fingerprint density at radius 3 is 2.64 bits per heavy atom.